The van der Waals surface area contributed by atoms with Gasteiger partial charge in [0, 0.05) is 0 Å². The molecular weight excluding hydrogens is 188 g/mol. The minimum Gasteiger partial charge on any atom is -0.469 e. The average molecular weight is 202 g/mol. The molecule has 80 valence electrons. The van der Waals surface area contributed by atoms with Gasteiger partial charge >= 0.3 is 12.1 Å². The summed E-state index contributed by atoms with van der Waals surface area (Å²) in [7, 11) is 1.36. The molecule has 0 saturated heterocycles. The third kappa shape index (κ3) is 2.90. The highest BCUT2D eigenvalue weighted by atomic mass is 16.7. The summed E-state index contributed by atoms with van der Waals surface area (Å²) < 4.78 is 9.23. The van der Waals surface area contributed by atoms with Gasteiger partial charge < -0.3 is 14.6 Å². The van der Waals surface area contributed by atoms with Gasteiger partial charge in [-0.1, -0.05) is 0 Å². The maximum Gasteiger partial charge on any atom is 0.506 e. The smallest absolute Gasteiger partial charge is 0.469 e. The first-order chi connectivity index (χ1) is 6.63. The summed E-state index contributed by atoms with van der Waals surface area (Å²) in [6, 6.07) is 0. The average Bonchev–Trinajstić information content (AvgIpc) is 2.17. The molecule has 1 aliphatic carbocycles. The molecule has 1 N–H and O–H groups in total. The van der Waals surface area contributed by atoms with Crippen molar-refractivity contribution < 1.29 is 24.2 Å². The summed E-state index contributed by atoms with van der Waals surface area (Å²) >= 11 is 0. The Balaban J connectivity index is 2.31. The fourth-order valence-electron chi connectivity index (χ4n) is 1.73. The topological polar surface area (TPSA) is 72.8 Å². The van der Waals surface area contributed by atoms with Crippen LogP contribution < -0.4 is 0 Å². The Morgan fingerprint density at radius 3 is 2.21 bits per heavy atom. The predicted octanol–water partition coefficient (Wildman–Crippen LogP) is 1.41. The van der Waals surface area contributed by atoms with E-state index in [0.29, 0.717) is 25.7 Å². The van der Waals surface area contributed by atoms with Crippen LogP contribution in [0, 0.1) is 5.92 Å². The second kappa shape index (κ2) is 4.83. The second-order valence-corrected chi connectivity index (χ2v) is 3.38. The van der Waals surface area contributed by atoms with E-state index < -0.39 is 6.16 Å². The number of carbonyl (C=O) groups excluding carboxylic acids is 1. The molecule has 0 heterocycles. The van der Waals surface area contributed by atoms with E-state index in [9.17, 15) is 9.59 Å². The maximum absolute atomic E-state index is 11.1. The van der Waals surface area contributed by atoms with Crippen LogP contribution in [-0.4, -0.2) is 30.4 Å². The summed E-state index contributed by atoms with van der Waals surface area (Å²) in [5.41, 5.74) is 0. The zero-order chi connectivity index (χ0) is 10.6. The van der Waals surface area contributed by atoms with Gasteiger partial charge in [-0.3, -0.25) is 4.79 Å². The minimum atomic E-state index is -1.24. The summed E-state index contributed by atoms with van der Waals surface area (Å²) in [4.78, 5) is 21.3. The van der Waals surface area contributed by atoms with Gasteiger partial charge in [0.25, 0.3) is 0 Å². The third-order valence-electron chi connectivity index (χ3n) is 2.48. The molecule has 1 aliphatic rings. The molecule has 1 rings (SSSR count). The second-order valence-electron chi connectivity index (χ2n) is 3.38. The van der Waals surface area contributed by atoms with Crippen molar-refractivity contribution >= 4 is 12.1 Å². The SMILES string of the molecule is COC(=O)[C@H]1CC[C@H](OC(=O)O)CC1. The fraction of sp³-hybridized carbons (Fsp3) is 0.778. The van der Waals surface area contributed by atoms with Crippen molar-refractivity contribution in [2.75, 3.05) is 7.11 Å². The number of hydrogen-bond donors (Lipinski definition) is 1. The van der Waals surface area contributed by atoms with Crippen molar-refractivity contribution in [2.45, 2.75) is 31.8 Å². The summed E-state index contributed by atoms with van der Waals surface area (Å²) in [6.45, 7) is 0. The lowest BCUT2D eigenvalue weighted by Crippen LogP contribution is -2.28. The van der Waals surface area contributed by atoms with Gasteiger partial charge in [0.2, 0.25) is 0 Å². The number of carboxylic acid groups (broad SMARTS) is 1. The van der Waals surface area contributed by atoms with Crippen LogP contribution in [0.15, 0.2) is 0 Å². The fourth-order valence-corrected chi connectivity index (χ4v) is 1.73. The molecule has 0 aromatic carbocycles. The molecule has 0 amide bonds. The van der Waals surface area contributed by atoms with Crippen LogP contribution in [0.25, 0.3) is 0 Å². The van der Waals surface area contributed by atoms with Gasteiger partial charge in [-0.05, 0) is 25.7 Å². The van der Waals surface area contributed by atoms with Gasteiger partial charge in [-0.15, -0.1) is 0 Å². The van der Waals surface area contributed by atoms with Crippen LogP contribution in [0.5, 0.6) is 0 Å². The highest BCUT2D eigenvalue weighted by Crippen LogP contribution is 2.26. The number of carbonyl (C=O) groups is 2. The van der Waals surface area contributed by atoms with Gasteiger partial charge in [-0.25, -0.2) is 4.79 Å². The predicted molar refractivity (Wildman–Crippen MR) is 46.9 cm³/mol. The van der Waals surface area contributed by atoms with E-state index in [2.05, 4.69) is 9.47 Å². The number of methoxy groups -OCH3 is 1. The van der Waals surface area contributed by atoms with Crippen molar-refractivity contribution in [3.63, 3.8) is 0 Å². The molecular formula is C9H14O5. The highest BCUT2D eigenvalue weighted by Gasteiger charge is 2.28. The Kier molecular flexibility index (Phi) is 3.73. The van der Waals surface area contributed by atoms with Gasteiger partial charge in [0.05, 0.1) is 13.0 Å². The van der Waals surface area contributed by atoms with Crippen molar-refractivity contribution in [1.82, 2.24) is 0 Å². The quantitative estimate of drug-likeness (QED) is 0.685. The monoisotopic (exact) mass is 202 g/mol. The van der Waals surface area contributed by atoms with E-state index in [1.165, 1.54) is 7.11 Å². The summed E-state index contributed by atoms with van der Waals surface area (Å²) in [5.74, 6) is -0.299. The normalized spacial score (nSPS) is 26.6. The van der Waals surface area contributed by atoms with Crippen LogP contribution >= 0.6 is 0 Å². The molecule has 0 aliphatic heterocycles. The first kappa shape index (κ1) is 10.8. The first-order valence-corrected chi connectivity index (χ1v) is 4.61. The van der Waals surface area contributed by atoms with E-state index >= 15 is 0 Å². The van der Waals surface area contributed by atoms with Crippen LogP contribution in [0.1, 0.15) is 25.7 Å². The van der Waals surface area contributed by atoms with Crippen LogP contribution in [0.2, 0.25) is 0 Å². The van der Waals surface area contributed by atoms with E-state index in [0.717, 1.165) is 0 Å². The molecule has 14 heavy (non-hydrogen) atoms. The van der Waals surface area contributed by atoms with E-state index in [-0.39, 0.29) is 18.0 Å². The third-order valence-corrected chi connectivity index (χ3v) is 2.48. The lowest BCUT2D eigenvalue weighted by molar-refractivity contribution is -0.147. The number of ether oxygens (including phenoxy) is 2. The molecule has 0 bridgehead atoms. The Morgan fingerprint density at radius 2 is 1.79 bits per heavy atom. The first-order valence-electron chi connectivity index (χ1n) is 4.61. The molecule has 0 atom stereocenters. The lowest BCUT2D eigenvalue weighted by Gasteiger charge is -2.25. The lowest BCUT2D eigenvalue weighted by atomic mass is 9.87. The molecule has 0 unspecified atom stereocenters. The van der Waals surface area contributed by atoms with Crippen LogP contribution in [0.3, 0.4) is 0 Å². The Hall–Kier alpha value is -1.26. The Bertz CT molecular complexity index is 217. The van der Waals surface area contributed by atoms with Crippen molar-refractivity contribution in [2.24, 2.45) is 5.92 Å². The number of esters is 1. The minimum absolute atomic E-state index is 0.0892. The summed E-state index contributed by atoms with van der Waals surface area (Å²) in [5, 5.41) is 8.37. The van der Waals surface area contributed by atoms with E-state index in [1.54, 1.807) is 0 Å². The molecule has 0 aromatic heterocycles. The highest BCUT2D eigenvalue weighted by molar-refractivity contribution is 5.72. The van der Waals surface area contributed by atoms with Crippen molar-refractivity contribution in [3.05, 3.63) is 0 Å². The van der Waals surface area contributed by atoms with E-state index in [4.69, 9.17) is 5.11 Å². The molecule has 5 heteroatoms. The standard InChI is InChI=1S/C9H14O5/c1-13-8(10)6-2-4-7(5-3-6)14-9(11)12/h6-7H,2-5H2,1H3,(H,11,12)/t6-,7-. The number of rotatable bonds is 2. The molecule has 5 nitrogen and oxygen atoms in total. The molecule has 0 spiro atoms. The summed E-state index contributed by atoms with van der Waals surface area (Å²) in [6.07, 6.45) is 0.993. The zero-order valence-electron chi connectivity index (χ0n) is 8.06. The zero-order valence-corrected chi connectivity index (χ0v) is 8.06. The Labute approximate surface area is 82.0 Å². The van der Waals surface area contributed by atoms with Gasteiger partial charge in [0.15, 0.2) is 0 Å². The van der Waals surface area contributed by atoms with Gasteiger partial charge in [0.1, 0.15) is 6.10 Å². The molecule has 1 fully saturated rings. The maximum atomic E-state index is 11.1. The van der Waals surface area contributed by atoms with Crippen molar-refractivity contribution in [1.29, 1.82) is 0 Å². The number of hydrogen-bond acceptors (Lipinski definition) is 4. The van der Waals surface area contributed by atoms with Crippen LogP contribution in [-0.2, 0) is 14.3 Å². The molecule has 0 aromatic rings. The molecule has 1 saturated carbocycles. The Morgan fingerprint density at radius 1 is 1.21 bits per heavy atom. The molecule has 0 radical (unpaired) electrons. The van der Waals surface area contributed by atoms with Gasteiger partial charge in [-0.2, -0.15) is 0 Å². The van der Waals surface area contributed by atoms with Crippen LogP contribution in [0.4, 0.5) is 4.79 Å². The van der Waals surface area contributed by atoms with E-state index in [1.807, 2.05) is 0 Å². The largest absolute Gasteiger partial charge is 0.506 e. The van der Waals surface area contributed by atoms with Crippen molar-refractivity contribution in [3.8, 4) is 0 Å².